The Morgan fingerprint density at radius 3 is 2.09 bits per heavy atom. The molecule has 0 radical (unpaired) electrons. The first-order valence-corrected chi connectivity index (χ1v) is 15.1. The maximum atomic E-state index is 5.47. The minimum atomic E-state index is 0.438. The van der Waals surface area contributed by atoms with Gasteiger partial charge >= 0.3 is 0 Å². The lowest BCUT2D eigenvalue weighted by atomic mass is 9.94. The normalized spacial score (nSPS) is 11.9. The quantitative estimate of drug-likeness (QED) is 0.169. The minimum Gasteiger partial charge on any atom is -0.320 e. The second-order valence-electron chi connectivity index (χ2n) is 11.1. The summed E-state index contributed by atoms with van der Waals surface area (Å²) in [5.41, 5.74) is 8.46. The van der Waals surface area contributed by atoms with Crippen LogP contribution < -0.4 is 0 Å². The van der Waals surface area contributed by atoms with Gasteiger partial charge in [-0.2, -0.15) is 0 Å². The molecule has 0 saturated heterocycles. The van der Waals surface area contributed by atoms with E-state index in [-0.39, 0.29) is 0 Å². The van der Waals surface area contributed by atoms with Crippen molar-refractivity contribution in [2.75, 3.05) is 0 Å². The van der Waals surface area contributed by atoms with Crippen molar-refractivity contribution in [1.29, 1.82) is 0 Å². The van der Waals surface area contributed by atoms with Crippen LogP contribution in [-0.2, 0) is 6.67 Å². The molecule has 6 aromatic carbocycles. The van der Waals surface area contributed by atoms with E-state index in [4.69, 9.17) is 4.99 Å². The van der Waals surface area contributed by atoms with Gasteiger partial charge in [0.25, 0.3) is 0 Å². The highest BCUT2D eigenvalue weighted by molar-refractivity contribution is 6.21. The smallest absolute Gasteiger partial charge is 0.145 e. The van der Waals surface area contributed by atoms with E-state index < -0.39 is 0 Å². The molecule has 4 nitrogen and oxygen atoms in total. The lowest BCUT2D eigenvalue weighted by Gasteiger charge is -2.15. The zero-order valence-corrected chi connectivity index (χ0v) is 24.7. The number of benzene rings is 6. The van der Waals surface area contributed by atoms with Crippen molar-refractivity contribution < 1.29 is 0 Å². The largest absolute Gasteiger partial charge is 0.320 e. The van der Waals surface area contributed by atoms with Crippen LogP contribution in [0.2, 0.25) is 0 Å². The summed E-state index contributed by atoms with van der Waals surface area (Å²) in [6.45, 7) is 4.43. The van der Waals surface area contributed by atoms with Crippen LogP contribution in [0.3, 0.4) is 0 Å². The summed E-state index contributed by atoms with van der Waals surface area (Å²) in [5, 5.41) is 4.97. The predicted octanol–water partition coefficient (Wildman–Crippen LogP) is 10.2. The molecule has 2 aromatic heterocycles. The Balaban J connectivity index is 1.37. The van der Waals surface area contributed by atoms with Crippen molar-refractivity contribution in [3.63, 3.8) is 0 Å². The molecule has 0 atom stereocenters. The molecule has 0 saturated carbocycles. The number of aromatic nitrogens is 2. The molecule has 0 bridgehead atoms. The van der Waals surface area contributed by atoms with E-state index in [0.29, 0.717) is 6.67 Å². The fourth-order valence-corrected chi connectivity index (χ4v) is 6.55. The Morgan fingerprint density at radius 2 is 1.27 bits per heavy atom. The van der Waals surface area contributed by atoms with Crippen LogP contribution in [0.1, 0.15) is 11.1 Å². The molecule has 0 aliphatic carbocycles. The standard InChI is InChI=1S/C41H30N4/c1-42-41-36(26-27-44(41)31-17-6-3-7-18-31)40(34-21-11-10-19-32(34)29-14-4-2-5-15-29)43-28-45-37-23-13-12-22-35(37)39-33-20-9-8-16-30(33)24-25-38(39)45/h2-27H,1,28H2/b43-40-. The van der Waals surface area contributed by atoms with E-state index in [0.717, 1.165) is 45.0 Å². The Bertz CT molecular complexity index is 2360. The van der Waals surface area contributed by atoms with Crippen LogP contribution in [0.15, 0.2) is 168 Å². The molecular formula is C41H30N4. The fourth-order valence-electron chi connectivity index (χ4n) is 6.55. The molecule has 4 heteroatoms. The Kier molecular flexibility index (Phi) is 6.65. The predicted molar refractivity (Wildman–Crippen MR) is 189 cm³/mol. The molecule has 2 heterocycles. The van der Waals surface area contributed by atoms with Gasteiger partial charge < -0.3 is 9.13 Å². The number of para-hydroxylation sites is 2. The first kappa shape index (κ1) is 26.6. The van der Waals surface area contributed by atoms with Crippen LogP contribution >= 0.6 is 0 Å². The van der Waals surface area contributed by atoms with E-state index in [1.165, 1.54) is 27.1 Å². The first-order chi connectivity index (χ1) is 22.3. The van der Waals surface area contributed by atoms with Crippen LogP contribution in [-0.4, -0.2) is 21.6 Å². The third kappa shape index (κ3) is 4.55. The van der Waals surface area contributed by atoms with Crippen molar-refractivity contribution >= 4 is 50.8 Å². The number of aliphatic imine (C=N–C) groups is 2. The summed E-state index contributed by atoms with van der Waals surface area (Å²) in [7, 11) is 0. The zero-order valence-electron chi connectivity index (χ0n) is 24.7. The Morgan fingerprint density at radius 1 is 0.578 bits per heavy atom. The van der Waals surface area contributed by atoms with Gasteiger partial charge in [-0.15, -0.1) is 0 Å². The number of rotatable bonds is 7. The SMILES string of the molecule is C=Nc1c(/C(=N\Cn2c3ccccc3c3c4ccccc4ccc32)c2ccccc2-c2ccccc2)ccn1-c1ccccc1. The Labute approximate surface area is 261 Å². The lowest BCUT2D eigenvalue weighted by Crippen LogP contribution is -2.08. The monoisotopic (exact) mass is 578 g/mol. The molecule has 0 fully saturated rings. The lowest BCUT2D eigenvalue weighted by molar-refractivity contribution is 0.793. The van der Waals surface area contributed by atoms with Gasteiger partial charge in [0.05, 0.1) is 16.7 Å². The highest BCUT2D eigenvalue weighted by Crippen LogP contribution is 2.36. The van der Waals surface area contributed by atoms with Crippen molar-refractivity contribution in [1.82, 2.24) is 9.13 Å². The van der Waals surface area contributed by atoms with Crippen molar-refractivity contribution in [2.24, 2.45) is 9.98 Å². The van der Waals surface area contributed by atoms with Gasteiger partial charge in [-0.1, -0.05) is 121 Å². The molecule has 214 valence electrons. The Hall–Kier alpha value is -6.00. The topological polar surface area (TPSA) is 34.6 Å². The number of fused-ring (bicyclic) bond motifs is 5. The van der Waals surface area contributed by atoms with Gasteiger partial charge in [-0.05, 0) is 58.9 Å². The summed E-state index contributed by atoms with van der Waals surface area (Å²) in [6.07, 6.45) is 2.06. The summed E-state index contributed by atoms with van der Waals surface area (Å²) in [5.74, 6) is 0.760. The van der Waals surface area contributed by atoms with Gasteiger partial charge in [-0.25, -0.2) is 4.99 Å². The molecule has 45 heavy (non-hydrogen) atoms. The molecule has 8 aromatic rings. The molecule has 0 aliphatic rings. The van der Waals surface area contributed by atoms with Gasteiger partial charge in [0.2, 0.25) is 0 Å². The third-order valence-electron chi connectivity index (χ3n) is 8.60. The van der Waals surface area contributed by atoms with Gasteiger partial charge in [0, 0.05) is 33.8 Å². The van der Waals surface area contributed by atoms with Gasteiger partial charge in [-0.3, -0.25) is 4.99 Å². The molecule has 0 unspecified atom stereocenters. The molecule has 0 N–H and O–H groups in total. The summed E-state index contributed by atoms with van der Waals surface area (Å²) in [6, 6.07) is 53.0. The average molecular weight is 579 g/mol. The van der Waals surface area contributed by atoms with E-state index in [1.807, 2.05) is 24.3 Å². The molecule has 0 amide bonds. The van der Waals surface area contributed by atoms with E-state index in [9.17, 15) is 0 Å². The first-order valence-electron chi connectivity index (χ1n) is 15.1. The minimum absolute atomic E-state index is 0.438. The number of hydrogen-bond acceptors (Lipinski definition) is 2. The molecule has 8 rings (SSSR count). The molecular weight excluding hydrogens is 548 g/mol. The summed E-state index contributed by atoms with van der Waals surface area (Å²) >= 11 is 0. The number of nitrogens with zero attached hydrogens (tertiary/aromatic N) is 4. The third-order valence-corrected chi connectivity index (χ3v) is 8.60. The second-order valence-corrected chi connectivity index (χ2v) is 11.1. The second kappa shape index (κ2) is 11.3. The zero-order chi connectivity index (χ0) is 30.2. The van der Waals surface area contributed by atoms with E-state index >= 15 is 0 Å². The highest BCUT2D eigenvalue weighted by atomic mass is 15.1. The summed E-state index contributed by atoms with van der Waals surface area (Å²) < 4.78 is 4.41. The molecule has 0 spiro atoms. The highest BCUT2D eigenvalue weighted by Gasteiger charge is 2.20. The van der Waals surface area contributed by atoms with Crippen LogP contribution in [0, 0.1) is 0 Å². The van der Waals surface area contributed by atoms with Crippen molar-refractivity contribution in [3.8, 4) is 16.8 Å². The van der Waals surface area contributed by atoms with Crippen LogP contribution in [0.25, 0.3) is 49.4 Å². The van der Waals surface area contributed by atoms with Crippen LogP contribution in [0.5, 0.6) is 0 Å². The van der Waals surface area contributed by atoms with Crippen molar-refractivity contribution in [2.45, 2.75) is 6.67 Å². The van der Waals surface area contributed by atoms with E-state index in [2.05, 4.69) is 154 Å². The average Bonchev–Trinajstić information content (AvgIpc) is 3.69. The van der Waals surface area contributed by atoms with Crippen molar-refractivity contribution in [3.05, 3.63) is 169 Å². The van der Waals surface area contributed by atoms with Gasteiger partial charge in [0.1, 0.15) is 12.5 Å². The summed E-state index contributed by atoms with van der Waals surface area (Å²) in [4.78, 5) is 10.0. The molecule has 0 aliphatic heterocycles. The van der Waals surface area contributed by atoms with Crippen LogP contribution in [0.4, 0.5) is 5.82 Å². The maximum absolute atomic E-state index is 5.47. The maximum Gasteiger partial charge on any atom is 0.145 e. The fraction of sp³-hybridized carbons (Fsp3) is 0.0244. The van der Waals surface area contributed by atoms with E-state index in [1.54, 1.807) is 0 Å². The van der Waals surface area contributed by atoms with Gasteiger partial charge in [0.15, 0.2) is 0 Å². The number of hydrogen-bond donors (Lipinski definition) is 0.